The summed E-state index contributed by atoms with van der Waals surface area (Å²) in [6.07, 6.45) is 1.43. The largest absolute Gasteiger partial charge is 0.328 e. The average Bonchev–Trinajstić information content (AvgIpc) is 2.38. The van der Waals surface area contributed by atoms with Crippen LogP contribution in [-0.2, 0) is 6.54 Å². The van der Waals surface area contributed by atoms with Gasteiger partial charge in [-0.05, 0) is 24.6 Å². The Hall–Kier alpha value is -2.68. The molecule has 0 bridgehead atoms. The second kappa shape index (κ2) is 4.90. The third-order valence-corrected chi connectivity index (χ3v) is 2.69. The van der Waals surface area contributed by atoms with E-state index in [2.05, 4.69) is 4.98 Å². The third kappa shape index (κ3) is 2.60. The SMILES string of the molecule is Cc1cn(Cc2ccc(F)c(C#N)c2)c(=O)[nH]c1=O. The van der Waals surface area contributed by atoms with Gasteiger partial charge in [0.1, 0.15) is 11.9 Å². The molecule has 0 saturated carbocycles. The maximum Gasteiger partial charge on any atom is 0.328 e. The minimum absolute atomic E-state index is 0.0771. The number of nitriles is 1. The van der Waals surface area contributed by atoms with Crippen molar-refractivity contribution >= 4 is 0 Å². The van der Waals surface area contributed by atoms with Crippen LogP contribution in [-0.4, -0.2) is 9.55 Å². The van der Waals surface area contributed by atoms with E-state index in [1.54, 1.807) is 13.0 Å². The first-order valence-electron chi connectivity index (χ1n) is 5.50. The van der Waals surface area contributed by atoms with Gasteiger partial charge >= 0.3 is 5.69 Å². The Bertz CT molecular complexity index is 784. The van der Waals surface area contributed by atoms with Gasteiger partial charge in [0.2, 0.25) is 0 Å². The lowest BCUT2D eigenvalue weighted by Crippen LogP contribution is -2.31. The second-order valence-electron chi connectivity index (χ2n) is 4.13. The van der Waals surface area contributed by atoms with Crippen LogP contribution in [0, 0.1) is 24.1 Å². The fraction of sp³-hybridized carbons (Fsp3) is 0.154. The number of nitrogens with zero attached hydrogens (tertiary/aromatic N) is 2. The van der Waals surface area contributed by atoms with Crippen molar-refractivity contribution in [3.8, 4) is 6.07 Å². The normalized spacial score (nSPS) is 10.2. The highest BCUT2D eigenvalue weighted by Gasteiger charge is 2.05. The molecule has 1 aromatic carbocycles. The molecule has 5 nitrogen and oxygen atoms in total. The van der Waals surface area contributed by atoms with Crippen molar-refractivity contribution in [3.63, 3.8) is 0 Å². The highest BCUT2D eigenvalue weighted by Crippen LogP contribution is 2.10. The smallest absolute Gasteiger partial charge is 0.296 e. The molecule has 6 heteroatoms. The van der Waals surface area contributed by atoms with Crippen molar-refractivity contribution in [2.45, 2.75) is 13.5 Å². The molecule has 0 aliphatic carbocycles. The van der Waals surface area contributed by atoms with Crippen molar-refractivity contribution in [3.05, 3.63) is 67.7 Å². The van der Waals surface area contributed by atoms with E-state index in [-0.39, 0.29) is 12.1 Å². The summed E-state index contributed by atoms with van der Waals surface area (Å²) in [6.45, 7) is 1.74. The molecule has 0 atom stereocenters. The zero-order chi connectivity index (χ0) is 14.0. The van der Waals surface area contributed by atoms with Gasteiger partial charge < -0.3 is 0 Å². The number of halogens is 1. The predicted molar refractivity (Wildman–Crippen MR) is 66.3 cm³/mol. The molecule has 1 N–H and O–H groups in total. The van der Waals surface area contributed by atoms with Crippen molar-refractivity contribution < 1.29 is 4.39 Å². The maximum atomic E-state index is 13.2. The molecule has 0 aliphatic heterocycles. The molecule has 0 unspecified atom stereocenters. The highest BCUT2D eigenvalue weighted by atomic mass is 19.1. The molecular weight excluding hydrogens is 249 g/mol. The lowest BCUT2D eigenvalue weighted by molar-refractivity contribution is 0.621. The van der Waals surface area contributed by atoms with Gasteiger partial charge in [0.15, 0.2) is 0 Å². The van der Waals surface area contributed by atoms with Crippen molar-refractivity contribution in [2.75, 3.05) is 0 Å². The van der Waals surface area contributed by atoms with E-state index in [9.17, 15) is 14.0 Å². The molecule has 1 aromatic heterocycles. The molecule has 0 amide bonds. The first kappa shape index (κ1) is 12.8. The molecule has 19 heavy (non-hydrogen) atoms. The summed E-state index contributed by atoms with van der Waals surface area (Å²) in [4.78, 5) is 25.0. The quantitative estimate of drug-likeness (QED) is 0.870. The van der Waals surface area contributed by atoms with Crippen LogP contribution < -0.4 is 11.2 Å². The standard InChI is InChI=1S/C13H10FN3O2/c1-8-6-17(13(19)16-12(8)18)7-9-2-3-11(14)10(4-9)5-15/h2-4,6H,7H2,1H3,(H,16,18,19). The Morgan fingerprint density at radius 2 is 2.16 bits per heavy atom. The summed E-state index contributed by atoms with van der Waals surface area (Å²) in [7, 11) is 0. The van der Waals surface area contributed by atoms with Crippen LogP contribution in [0.2, 0.25) is 0 Å². The Morgan fingerprint density at radius 3 is 2.84 bits per heavy atom. The number of hydrogen-bond acceptors (Lipinski definition) is 3. The van der Waals surface area contributed by atoms with Gasteiger partial charge in [-0.25, -0.2) is 9.18 Å². The van der Waals surface area contributed by atoms with E-state index < -0.39 is 17.1 Å². The Kier molecular flexibility index (Phi) is 3.29. The van der Waals surface area contributed by atoms with Crippen LogP contribution in [0.4, 0.5) is 4.39 Å². The van der Waals surface area contributed by atoms with Gasteiger partial charge in [-0.1, -0.05) is 6.07 Å². The minimum Gasteiger partial charge on any atom is -0.296 e. The number of nitrogens with one attached hydrogen (secondary N) is 1. The van der Waals surface area contributed by atoms with Crippen LogP contribution in [0.1, 0.15) is 16.7 Å². The lowest BCUT2D eigenvalue weighted by atomic mass is 10.1. The first-order chi connectivity index (χ1) is 9.01. The minimum atomic E-state index is -0.601. The van der Waals surface area contributed by atoms with Crippen LogP contribution in [0.3, 0.4) is 0 Å². The zero-order valence-corrected chi connectivity index (χ0v) is 10.1. The van der Waals surface area contributed by atoms with Gasteiger partial charge in [-0.3, -0.25) is 14.3 Å². The molecule has 0 fully saturated rings. The molecule has 96 valence electrons. The van der Waals surface area contributed by atoms with Crippen LogP contribution in [0.15, 0.2) is 34.0 Å². The van der Waals surface area contributed by atoms with Gasteiger partial charge in [-0.15, -0.1) is 0 Å². The zero-order valence-electron chi connectivity index (χ0n) is 10.1. The Labute approximate surface area is 107 Å². The summed E-state index contributed by atoms with van der Waals surface area (Å²) in [6, 6.07) is 5.78. The van der Waals surface area contributed by atoms with Crippen LogP contribution in [0.25, 0.3) is 0 Å². The second-order valence-corrected chi connectivity index (χ2v) is 4.13. The number of hydrogen-bond donors (Lipinski definition) is 1. The number of aryl methyl sites for hydroxylation is 1. The molecule has 0 spiro atoms. The fourth-order valence-electron chi connectivity index (χ4n) is 1.69. The van der Waals surface area contributed by atoms with E-state index in [1.165, 1.54) is 29.0 Å². The van der Waals surface area contributed by atoms with Gasteiger partial charge in [-0.2, -0.15) is 5.26 Å². The molecule has 0 aliphatic rings. The molecule has 1 heterocycles. The highest BCUT2D eigenvalue weighted by molar-refractivity contribution is 5.34. The number of aromatic amines is 1. The van der Waals surface area contributed by atoms with Crippen LogP contribution >= 0.6 is 0 Å². The van der Waals surface area contributed by atoms with Crippen molar-refractivity contribution in [1.82, 2.24) is 9.55 Å². The van der Waals surface area contributed by atoms with Crippen LogP contribution in [0.5, 0.6) is 0 Å². The monoisotopic (exact) mass is 259 g/mol. The first-order valence-corrected chi connectivity index (χ1v) is 5.50. The molecule has 0 saturated heterocycles. The topological polar surface area (TPSA) is 78.7 Å². The van der Waals surface area contributed by atoms with E-state index in [1.807, 2.05) is 0 Å². The molecule has 0 radical (unpaired) electrons. The lowest BCUT2D eigenvalue weighted by Gasteiger charge is -2.06. The number of benzene rings is 1. The summed E-state index contributed by atoms with van der Waals surface area (Å²) in [5, 5.41) is 8.74. The summed E-state index contributed by atoms with van der Waals surface area (Å²) < 4.78 is 14.5. The van der Waals surface area contributed by atoms with Crippen molar-refractivity contribution in [2.24, 2.45) is 0 Å². The fourth-order valence-corrected chi connectivity index (χ4v) is 1.69. The van der Waals surface area contributed by atoms with Crippen molar-refractivity contribution in [1.29, 1.82) is 5.26 Å². The summed E-state index contributed by atoms with van der Waals surface area (Å²) >= 11 is 0. The molecular formula is C13H10FN3O2. The number of aromatic nitrogens is 2. The predicted octanol–water partition coefficient (Wildman–Crippen LogP) is 0.904. The Balaban J connectivity index is 2.42. The summed E-state index contributed by atoms with van der Waals surface area (Å²) in [5.41, 5.74) is -0.0445. The number of H-pyrrole nitrogens is 1. The van der Waals surface area contributed by atoms with E-state index in [0.29, 0.717) is 11.1 Å². The molecule has 2 aromatic rings. The van der Waals surface area contributed by atoms with Gasteiger partial charge in [0, 0.05) is 11.8 Å². The van der Waals surface area contributed by atoms with E-state index in [4.69, 9.17) is 5.26 Å². The van der Waals surface area contributed by atoms with E-state index in [0.717, 1.165) is 0 Å². The van der Waals surface area contributed by atoms with Gasteiger partial charge in [0.05, 0.1) is 12.1 Å². The average molecular weight is 259 g/mol. The maximum absolute atomic E-state index is 13.2. The summed E-state index contributed by atoms with van der Waals surface area (Å²) in [5.74, 6) is -0.601. The number of rotatable bonds is 2. The molecule has 2 rings (SSSR count). The Morgan fingerprint density at radius 1 is 1.42 bits per heavy atom. The van der Waals surface area contributed by atoms with E-state index >= 15 is 0 Å². The van der Waals surface area contributed by atoms with Gasteiger partial charge in [0.25, 0.3) is 5.56 Å². The third-order valence-electron chi connectivity index (χ3n) is 2.69.